The highest BCUT2D eigenvalue weighted by molar-refractivity contribution is 7.98. The summed E-state index contributed by atoms with van der Waals surface area (Å²) in [7, 11) is 0. The van der Waals surface area contributed by atoms with Crippen LogP contribution in [0.15, 0.2) is 22.1 Å². The second-order valence-corrected chi connectivity index (χ2v) is 5.25. The third-order valence-corrected chi connectivity index (χ3v) is 3.65. The summed E-state index contributed by atoms with van der Waals surface area (Å²) in [4.78, 5) is 9.25. The van der Waals surface area contributed by atoms with E-state index in [2.05, 4.69) is 9.97 Å². The highest BCUT2D eigenvalue weighted by Gasteiger charge is 2.04. The van der Waals surface area contributed by atoms with Crippen molar-refractivity contribution >= 4 is 34.7 Å². The summed E-state index contributed by atoms with van der Waals surface area (Å²) in [6.45, 7) is 1.90. The molecule has 0 spiro atoms. The molecule has 0 saturated carbocycles. The lowest BCUT2D eigenvalue weighted by Crippen LogP contribution is -1.75. The highest BCUT2D eigenvalue weighted by Crippen LogP contribution is 2.26. The summed E-state index contributed by atoms with van der Waals surface area (Å²) in [6, 6.07) is 0. The minimum Gasteiger partial charge on any atom is -0.440 e. The number of aromatic nitrogens is 2. The van der Waals surface area contributed by atoms with Crippen LogP contribution in [0.3, 0.4) is 0 Å². The molecule has 2 aromatic heterocycles. The van der Waals surface area contributed by atoms with Gasteiger partial charge in [-0.3, -0.25) is 0 Å². The Bertz CT molecular complexity index is 386. The normalized spacial score (nSPS) is 10.7. The van der Waals surface area contributed by atoms with E-state index in [0.29, 0.717) is 9.69 Å². The van der Waals surface area contributed by atoms with Crippen LogP contribution in [0.25, 0.3) is 0 Å². The summed E-state index contributed by atoms with van der Waals surface area (Å²) < 4.78 is 5.77. The van der Waals surface area contributed by atoms with Gasteiger partial charge in [0.05, 0.1) is 5.69 Å². The lowest BCUT2D eigenvalue weighted by atomic mass is 10.6. The van der Waals surface area contributed by atoms with Crippen molar-refractivity contribution in [1.82, 2.24) is 9.97 Å². The van der Waals surface area contributed by atoms with Crippen molar-refractivity contribution in [2.75, 3.05) is 0 Å². The lowest BCUT2D eigenvalue weighted by Gasteiger charge is -1.90. The largest absolute Gasteiger partial charge is 0.440 e. The number of hydrogen-bond donors (Lipinski definition) is 0. The molecular formula is C8H7ClN2OS2. The summed E-state index contributed by atoms with van der Waals surface area (Å²) in [6.07, 6.45) is 3.41. The smallest absolute Gasteiger partial charge is 0.256 e. The van der Waals surface area contributed by atoms with Gasteiger partial charge in [-0.25, -0.2) is 9.97 Å². The molecule has 0 saturated heterocycles. The summed E-state index contributed by atoms with van der Waals surface area (Å²) in [5, 5.41) is 0.687. The van der Waals surface area contributed by atoms with E-state index in [-0.39, 0.29) is 0 Å². The first-order valence-corrected chi connectivity index (χ1v) is 6.07. The quantitative estimate of drug-likeness (QED) is 0.779. The molecule has 0 aromatic carbocycles. The summed E-state index contributed by atoms with van der Waals surface area (Å²) in [5.74, 6) is 0.796. The fraction of sp³-hybridized carbons (Fsp3) is 0.250. The molecule has 0 unspecified atom stereocenters. The van der Waals surface area contributed by atoms with Crippen LogP contribution in [0.4, 0.5) is 0 Å². The van der Waals surface area contributed by atoms with Crippen LogP contribution in [-0.2, 0) is 5.75 Å². The predicted octanol–water partition coefficient (Wildman–Crippen LogP) is 3.39. The Kier molecular flexibility index (Phi) is 3.10. The van der Waals surface area contributed by atoms with Crippen LogP contribution in [-0.4, -0.2) is 9.97 Å². The predicted molar refractivity (Wildman–Crippen MR) is 57.9 cm³/mol. The SMILES string of the molecule is Cc1coc(SCc2cnc(Cl)s2)n1. The lowest BCUT2D eigenvalue weighted by molar-refractivity contribution is 0.454. The number of thioether (sulfide) groups is 1. The van der Waals surface area contributed by atoms with Crippen molar-refractivity contribution in [3.8, 4) is 0 Å². The number of aryl methyl sites for hydroxylation is 1. The summed E-state index contributed by atoms with van der Waals surface area (Å²) >= 11 is 8.72. The molecule has 0 atom stereocenters. The number of halogens is 1. The van der Waals surface area contributed by atoms with Gasteiger partial charge in [-0.05, 0) is 6.92 Å². The topological polar surface area (TPSA) is 38.9 Å². The number of thiazole rings is 1. The van der Waals surface area contributed by atoms with Crippen molar-refractivity contribution in [2.24, 2.45) is 0 Å². The number of rotatable bonds is 3. The van der Waals surface area contributed by atoms with Crippen LogP contribution >= 0.6 is 34.7 Å². The Hall–Kier alpha value is -0.520. The molecule has 2 heterocycles. The molecule has 0 bridgehead atoms. The first-order valence-electron chi connectivity index (χ1n) is 3.89. The monoisotopic (exact) mass is 246 g/mol. The van der Waals surface area contributed by atoms with Crippen molar-refractivity contribution in [3.63, 3.8) is 0 Å². The van der Waals surface area contributed by atoms with Crippen molar-refractivity contribution in [2.45, 2.75) is 17.9 Å². The average molecular weight is 247 g/mol. The van der Waals surface area contributed by atoms with E-state index in [4.69, 9.17) is 16.0 Å². The van der Waals surface area contributed by atoms with Gasteiger partial charge in [0.25, 0.3) is 5.22 Å². The molecule has 0 aliphatic heterocycles. The highest BCUT2D eigenvalue weighted by atomic mass is 35.5. The van der Waals surface area contributed by atoms with Crippen LogP contribution < -0.4 is 0 Å². The zero-order valence-corrected chi connectivity index (χ0v) is 9.75. The van der Waals surface area contributed by atoms with Gasteiger partial charge in [0.2, 0.25) is 0 Å². The van der Waals surface area contributed by atoms with Gasteiger partial charge in [-0.1, -0.05) is 23.4 Å². The molecule has 0 N–H and O–H groups in total. The Labute approximate surface area is 94.5 Å². The minimum atomic E-state index is 0.573. The Morgan fingerprint density at radius 1 is 1.64 bits per heavy atom. The van der Waals surface area contributed by atoms with Gasteiger partial charge in [0, 0.05) is 16.8 Å². The van der Waals surface area contributed by atoms with Crippen molar-refractivity contribution in [1.29, 1.82) is 0 Å². The average Bonchev–Trinajstić information content (AvgIpc) is 2.72. The molecule has 3 nitrogen and oxygen atoms in total. The number of nitrogens with zero attached hydrogens (tertiary/aromatic N) is 2. The van der Waals surface area contributed by atoms with Gasteiger partial charge in [-0.2, -0.15) is 0 Å². The maximum Gasteiger partial charge on any atom is 0.256 e. The van der Waals surface area contributed by atoms with E-state index in [9.17, 15) is 0 Å². The van der Waals surface area contributed by atoms with Crippen molar-refractivity contribution in [3.05, 3.63) is 27.5 Å². The van der Waals surface area contributed by atoms with Gasteiger partial charge >= 0.3 is 0 Å². The standard InChI is InChI=1S/C8H7ClN2OS2/c1-5-3-12-8(11-5)13-4-6-2-10-7(9)14-6/h2-3H,4H2,1H3. The molecule has 0 aliphatic rings. The Morgan fingerprint density at radius 2 is 2.50 bits per heavy atom. The number of hydrogen-bond acceptors (Lipinski definition) is 5. The first-order chi connectivity index (χ1) is 6.74. The van der Waals surface area contributed by atoms with E-state index in [1.807, 2.05) is 6.92 Å². The van der Waals surface area contributed by atoms with Crippen LogP contribution in [0.1, 0.15) is 10.6 Å². The van der Waals surface area contributed by atoms with E-state index >= 15 is 0 Å². The maximum atomic E-state index is 5.71. The fourth-order valence-corrected chi connectivity index (χ4v) is 2.73. The Morgan fingerprint density at radius 3 is 3.07 bits per heavy atom. The maximum absolute atomic E-state index is 5.71. The van der Waals surface area contributed by atoms with Gasteiger partial charge < -0.3 is 4.42 Å². The van der Waals surface area contributed by atoms with E-state index in [0.717, 1.165) is 16.3 Å². The fourth-order valence-electron chi connectivity index (χ4n) is 0.882. The first kappa shape index (κ1) is 10.0. The molecule has 0 radical (unpaired) electrons. The van der Waals surface area contributed by atoms with Gasteiger partial charge in [-0.15, -0.1) is 11.3 Å². The molecular weight excluding hydrogens is 240 g/mol. The third kappa shape index (κ3) is 2.50. The molecule has 14 heavy (non-hydrogen) atoms. The molecule has 6 heteroatoms. The Balaban J connectivity index is 1.94. The molecule has 0 fully saturated rings. The van der Waals surface area contributed by atoms with Gasteiger partial charge in [0.1, 0.15) is 6.26 Å². The second-order valence-electron chi connectivity index (χ2n) is 2.62. The van der Waals surface area contributed by atoms with E-state index < -0.39 is 0 Å². The van der Waals surface area contributed by atoms with Crippen molar-refractivity contribution < 1.29 is 4.42 Å². The minimum absolute atomic E-state index is 0.573. The van der Waals surface area contributed by atoms with Crippen LogP contribution in [0, 0.1) is 6.92 Å². The number of oxazole rings is 1. The van der Waals surface area contributed by atoms with Crippen LogP contribution in [0.5, 0.6) is 0 Å². The molecule has 0 aliphatic carbocycles. The second kappa shape index (κ2) is 4.33. The summed E-state index contributed by atoms with van der Waals surface area (Å²) in [5.41, 5.74) is 0.898. The van der Waals surface area contributed by atoms with E-state index in [1.54, 1.807) is 24.2 Å². The molecule has 2 rings (SSSR count). The zero-order valence-electron chi connectivity index (χ0n) is 7.36. The van der Waals surface area contributed by atoms with E-state index in [1.165, 1.54) is 11.3 Å². The van der Waals surface area contributed by atoms with Gasteiger partial charge in [0.15, 0.2) is 4.47 Å². The molecule has 74 valence electrons. The molecule has 0 amide bonds. The molecule has 2 aromatic rings. The van der Waals surface area contributed by atoms with Crippen LogP contribution in [0.2, 0.25) is 4.47 Å². The third-order valence-electron chi connectivity index (χ3n) is 1.46. The zero-order chi connectivity index (χ0) is 9.97.